The van der Waals surface area contributed by atoms with E-state index in [1.165, 1.54) is 54.5 Å². The third-order valence-corrected chi connectivity index (χ3v) is 12.9. The van der Waals surface area contributed by atoms with E-state index in [0.29, 0.717) is 17.3 Å². The molecule has 0 bridgehead atoms. The molecule has 2 amide bonds. The molecule has 3 rings (SSSR count). The Morgan fingerprint density at radius 3 is 1.52 bits per heavy atom. The van der Waals surface area contributed by atoms with Gasteiger partial charge in [-0.1, -0.05) is 44.1 Å². The fourth-order valence-corrected chi connectivity index (χ4v) is 9.07. The van der Waals surface area contributed by atoms with Gasteiger partial charge in [-0.3, -0.25) is 14.4 Å². The van der Waals surface area contributed by atoms with Crippen LogP contribution in [0.4, 0.5) is 9.59 Å². The van der Waals surface area contributed by atoms with Crippen molar-refractivity contribution in [1.29, 1.82) is 0 Å². The zero-order valence-electron chi connectivity index (χ0n) is 47.1. The molecular weight excluding hydrogens is 1020 g/mol. The van der Waals surface area contributed by atoms with Crippen molar-refractivity contribution in [3.8, 4) is 23.0 Å². The zero-order valence-corrected chi connectivity index (χ0v) is 49.5. The SMILES string of the molecule is COc1c(OC(=O)[C@H](CCSC)NC(=O)OC(C)(C)C)cc2oc3cc(OC(=O)[C@H](CCSC)NC(=O)OC(C)(C)C)c(CC=C(C)C)c(OC(=O)[C@H](CCSC)CC(=O)CC(C)(C)C)c3c(=O)c2c1CC=C(C)C. The second kappa shape index (κ2) is 28.8. The molecule has 0 fully saturated rings. The quantitative estimate of drug-likeness (QED) is 0.0349. The minimum absolute atomic E-state index is 0.00768. The predicted octanol–water partition coefficient (Wildman–Crippen LogP) is 11.7. The number of alkyl carbamates (subject to hydrolysis) is 2. The van der Waals surface area contributed by atoms with Crippen molar-refractivity contribution in [1.82, 2.24) is 10.6 Å². The molecule has 0 aliphatic carbocycles. The van der Waals surface area contributed by atoms with Crippen LogP contribution >= 0.6 is 35.3 Å². The number of hydrogen-bond donors (Lipinski definition) is 2. The summed E-state index contributed by atoms with van der Waals surface area (Å²) in [5.74, 6) is -2.59. The van der Waals surface area contributed by atoms with Gasteiger partial charge in [0.1, 0.15) is 51.4 Å². The Labute approximate surface area is 455 Å². The van der Waals surface area contributed by atoms with Crippen molar-refractivity contribution in [3.63, 3.8) is 0 Å². The highest BCUT2D eigenvalue weighted by atomic mass is 32.2. The van der Waals surface area contributed by atoms with E-state index in [1.54, 1.807) is 41.5 Å². The lowest BCUT2D eigenvalue weighted by Gasteiger charge is -2.24. The van der Waals surface area contributed by atoms with E-state index >= 15 is 4.79 Å². The average molecular weight is 1100 g/mol. The summed E-state index contributed by atoms with van der Waals surface area (Å²) in [5.41, 5.74) is -0.844. The first kappa shape index (κ1) is 64.1. The molecule has 3 aromatic rings. The molecule has 0 aliphatic rings. The van der Waals surface area contributed by atoms with E-state index in [2.05, 4.69) is 10.6 Å². The van der Waals surface area contributed by atoms with Crippen molar-refractivity contribution in [2.45, 2.75) is 158 Å². The maximum atomic E-state index is 15.6. The van der Waals surface area contributed by atoms with Crippen LogP contribution in [0.3, 0.4) is 0 Å². The highest BCUT2D eigenvalue weighted by Crippen LogP contribution is 2.43. The van der Waals surface area contributed by atoms with Crippen molar-refractivity contribution in [2.75, 3.05) is 43.1 Å². The summed E-state index contributed by atoms with van der Waals surface area (Å²) in [5, 5.41) is 5.10. The Balaban J connectivity index is 2.57. The standard InChI is InChI=1S/C56H80N2O14S3/c1-32(2)18-20-36-40(68-50(62)38(23-26-74-16)57-52(64)71-55(8,9)10)29-42-45(48(36)70-49(61)34(22-25-73-15)28-35(59)31-54(5,6)7)46(60)44-37(21-19-33(3)4)47(66-14)43(30-41(44)67-42)69-51(63)39(24-27-75-17)58-53(65)72-56(11,12)13/h18-19,29-30,34,38-39H,20-28,31H2,1-17H3,(H,57,64)(H,58,65)/t34-,38+,39+/m1/s1. The predicted molar refractivity (Wildman–Crippen MR) is 302 cm³/mol. The van der Waals surface area contributed by atoms with Crippen LogP contribution < -0.4 is 35.0 Å². The fourth-order valence-electron chi connectivity index (χ4n) is 7.61. The van der Waals surface area contributed by atoms with Crippen LogP contribution in [0.5, 0.6) is 23.0 Å². The van der Waals surface area contributed by atoms with E-state index in [1.807, 2.05) is 79.4 Å². The van der Waals surface area contributed by atoms with E-state index in [9.17, 15) is 28.8 Å². The van der Waals surface area contributed by atoms with E-state index < -0.39 is 64.7 Å². The highest BCUT2D eigenvalue weighted by molar-refractivity contribution is 7.98. The molecule has 19 heteroatoms. The van der Waals surface area contributed by atoms with Gasteiger partial charge in [-0.15, -0.1) is 0 Å². The maximum Gasteiger partial charge on any atom is 0.408 e. The van der Waals surface area contributed by atoms with Crippen LogP contribution in [0.1, 0.15) is 133 Å². The fraction of sp³-hybridized carbons (Fsp3) is 0.589. The largest absolute Gasteiger partial charge is 0.493 e. The molecule has 0 unspecified atom stereocenters. The summed E-state index contributed by atoms with van der Waals surface area (Å²) in [6, 6.07) is 0.325. The van der Waals surface area contributed by atoms with Gasteiger partial charge in [0.2, 0.25) is 5.43 Å². The monoisotopic (exact) mass is 1100 g/mol. The second-order valence-corrected chi connectivity index (χ2v) is 24.9. The van der Waals surface area contributed by atoms with Gasteiger partial charge in [0.15, 0.2) is 17.2 Å². The van der Waals surface area contributed by atoms with Gasteiger partial charge in [0, 0.05) is 36.1 Å². The molecule has 0 radical (unpaired) electrons. The third-order valence-electron chi connectivity index (χ3n) is 10.9. The molecule has 0 saturated carbocycles. The average Bonchev–Trinajstić information content (AvgIpc) is 3.27. The van der Waals surface area contributed by atoms with Gasteiger partial charge < -0.3 is 43.5 Å². The Hall–Kier alpha value is -5.14. The van der Waals surface area contributed by atoms with Gasteiger partial charge in [-0.05, 0) is 143 Å². The molecule has 3 atom stereocenters. The smallest absolute Gasteiger partial charge is 0.408 e. The van der Waals surface area contributed by atoms with Gasteiger partial charge in [-0.2, -0.15) is 35.3 Å². The Kier molecular flexibility index (Phi) is 24.7. The first-order chi connectivity index (χ1) is 34.9. The maximum absolute atomic E-state index is 15.6. The van der Waals surface area contributed by atoms with E-state index in [4.69, 9.17) is 32.8 Å². The molecule has 0 spiro atoms. The Morgan fingerprint density at radius 1 is 0.613 bits per heavy atom. The molecule has 1 heterocycles. The number of ether oxygens (including phenoxy) is 6. The number of benzene rings is 2. The lowest BCUT2D eigenvalue weighted by Crippen LogP contribution is -2.45. The van der Waals surface area contributed by atoms with Crippen LogP contribution in [-0.4, -0.2) is 102 Å². The van der Waals surface area contributed by atoms with E-state index in [0.717, 1.165) is 11.1 Å². The first-order valence-electron chi connectivity index (χ1n) is 25.0. The van der Waals surface area contributed by atoms with Crippen LogP contribution in [-0.2, 0) is 41.5 Å². The summed E-state index contributed by atoms with van der Waals surface area (Å²) in [7, 11) is 1.36. The van der Waals surface area contributed by atoms with Crippen LogP contribution in [0, 0.1) is 11.3 Å². The number of ketones is 1. The molecule has 16 nitrogen and oxygen atoms in total. The number of amides is 2. The lowest BCUT2D eigenvalue weighted by molar-refractivity contribution is -0.141. The first-order valence-corrected chi connectivity index (χ1v) is 29.2. The number of fused-ring (bicyclic) bond motifs is 2. The van der Waals surface area contributed by atoms with E-state index in [-0.39, 0.29) is 112 Å². The number of hydrogen-bond acceptors (Lipinski definition) is 17. The van der Waals surface area contributed by atoms with Gasteiger partial charge in [0.05, 0.1) is 18.4 Å². The number of methoxy groups -OCH3 is 1. The molecule has 1 aromatic heterocycles. The summed E-state index contributed by atoms with van der Waals surface area (Å²) >= 11 is 4.42. The minimum atomic E-state index is -1.20. The lowest BCUT2D eigenvalue weighted by atomic mass is 9.86. The van der Waals surface area contributed by atoms with Crippen molar-refractivity contribution < 1.29 is 61.6 Å². The third kappa shape index (κ3) is 20.7. The molecular formula is C56H80N2O14S3. The normalized spacial score (nSPS) is 13.0. The molecule has 416 valence electrons. The van der Waals surface area contributed by atoms with Gasteiger partial charge in [0.25, 0.3) is 0 Å². The summed E-state index contributed by atoms with van der Waals surface area (Å²) in [6.07, 6.45) is 8.40. The zero-order chi connectivity index (χ0) is 56.6. The number of carbonyl (C=O) groups excluding carboxylic acids is 6. The van der Waals surface area contributed by atoms with Crippen molar-refractivity contribution in [2.24, 2.45) is 11.3 Å². The van der Waals surface area contributed by atoms with Crippen LogP contribution in [0.25, 0.3) is 21.9 Å². The number of esters is 3. The molecule has 2 aromatic carbocycles. The van der Waals surface area contributed by atoms with Crippen molar-refractivity contribution >= 4 is 93.1 Å². The summed E-state index contributed by atoms with van der Waals surface area (Å²) in [6.45, 7) is 23.5. The van der Waals surface area contributed by atoms with Crippen LogP contribution in [0.2, 0.25) is 0 Å². The molecule has 75 heavy (non-hydrogen) atoms. The molecule has 0 aliphatic heterocycles. The molecule has 0 saturated heterocycles. The van der Waals surface area contributed by atoms with Crippen LogP contribution in [0.15, 0.2) is 44.6 Å². The number of allylic oxidation sites excluding steroid dienone is 4. The Morgan fingerprint density at radius 2 is 1.07 bits per heavy atom. The Bertz CT molecular complexity index is 2650. The number of carbonyl (C=O) groups is 6. The summed E-state index contributed by atoms with van der Waals surface area (Å²) in [4.78, 5) is 98.5. The summed E-state index contributed by atoms with van der Waals surface area (Å²) < 4.78 is 42.3. The second-order valence-electron chi connectivity index (χ2n) is 21.9. The number of nitrogens with one attached hydrogen (secondary N) is 2. The minimum Gasteiger partial charge on any atom is -0.493 e. The number of Topliss-reactive ketones (excluding diaryl/α,β-unsaturated/α-hetero) is 1. The number of thioether (sulfide) groups is 3. The topological polar surface area (TPSA) is 212 Å². The number of rotatable bonds is 25. The van der Waals surface area contributed by atoms with Gasteiger partial charge in [-0.25, -0.2) is 19.2 Å². The van der Waals surface area contributed by atoms with Crippen molar-refractivity contribution in [3.05, 3.63) is 56.8 Å². The highest BCUT2D eigenvalue weighted by Gasteiger charge is 2.34. The molecule has 2 N–H and O–H groups in total. The van der Waals surface area contributed by atoms with Gasteiger partial charge >= 0.3 is 30.1 Å².